The maximum Gasteiger partial charge on any atom is 0.191 e. The van der Waals surface area contributed by atoms with E-state index in [1.165, 1.54) is 5.56 Å². The van der Waals surface area contributed by atoms with E-state index in [1.807, 2.05) is 30.7 Å². The van der Waals surface area contributed by atoms with Crippen molar-refractivity contribution in [2.75, 3.05) is 26.8 Å². The van der Waals surface area contributed by atoms with Crippen LogP contribution in [0, 0.1) is 6.92 Å². The maximum absolute atomic E-state index is 5.89. The predicted molar refractivity (Wildman–Crippen MR) is 113 cm³/mol. The minimum atomic E-state index is -0.139. The quantitative estimate of drug-likeness (QED) is 0.521. The van der Waals surface area contributed by atoms with Gasteiger partial charge in [0.05, 0.1) is 12.7 Å². The number of hydrogen-bond donors (Lipinski definition) is 2. The molecule has 0 radical (unpaired) electrons. The molecular formula is C21H32N6O2. The molecule has 1 aromatic carbocycles. The van der Waals surface area contributed by atoms with E-state index in [0.717, 1.165) is 62.3 Å². The molecule has 2 heterocycles. The van der Waals surface area contributed by atoms with Gasteiger partial charge in [0.15, 0.2) is 11.8 Å². The molecule has 1 saturated heterocycles. The summed E-state index contributed by atoms with van der Waals surface area (Å²) in [6.45, 7) is 6.87. The molecule has 0 aliphatic carbocycles. The van der Waals surface area contributed by atoms with Gasteiger partial charge in [0.25, 0.3) is 0 Å². The Morgan fingerprint density at radius 2 is 2.07 bits per heavy atom. The Balaban J connectivity index is 1.59. The standard InChI is InChI=1S/C21H32N6O2/c1-16-25-26-19(27(16)3)14-23-20(24-15-21(2)11-5-13-29-21)22-12-10-17-6-8-18(28-4)9-7-17/h6-9H,5,10-15H2,1-4H3,(H2,22,23,24). The van der Waals surface area contributed by atoms with Crippen LogP contribution in [-0.2, 0) is 24.8 Å². The number of rotatable bonds is 8. The van der Waals surface area contributed by atoms with Gasteiger partial charge in [-0.2, -0.15) is 0 Å². The van der Waals surface area contributed by atoms with Gasteiger partial charge in [0, 0.05) is 26.7 Å². The van der Waals surface area contributed by atoms with E-state index in [9.17, 15) is 0 Å². The topological polar surface area (TPSA) is 85.6 Å². The summed E-state index contributed by atoms with van der Waals surface area (Å²) < 4.78 is 13.1. The number of hydrogen-bond acceptors (Lipinski definition) is 5. The highest BCUT2D eigenvalue weighted by atomic mass is 16.5. The molecular weight excluding hydrogens is 368 g/mol. The van der Waals surface area contributed by atoms with Crippen molar-refractivity contribution in [2.45, 2.75) is 45.3 Å². The highest BCUT2D eigenvalue weighted by molar-refractivity contribution is 5.79. The number of aryl methyl sites for hydroxylation is 1. The third-order valence-electron chi connectivity index (χ3n) is 5.36. The van der Waals surface area contributed by atoms with Crippen LogP contribution < -0.4 is 15.4 Å². The lowest BCUT2D eigenvalue weighted by atomic mass is 10.0. The highest BCUT2D eigenvalue weighted by Crippen LogP contribution is 2.23. The summed E-state index contributed by atoms with van der Waals surface area (Å²) in [6, 6.07) is 8.13. The normalized spacial score (nSPS) is 19.4. The van der Waals surface area contributed by atoms with Gasteiger partial charge in [-0.25, -0.2) is 4.99 Å². The molecule has 1 atom stereocenters. The van der Waals surface area contributed by atoms with Crippen molar-refractivity contribution in [1.82, 2.24) is 25.4 Å². The molecule has 2 aromatic rings. The summed E-state index contributed by atoms with van der Waals surface area (Å²) in [5.74, 6) is 3.34. The van der Waals surface area contributed by atoms with Crippen molar-refractivity contribution >= 4 is 5.96 Å². The molecule has 1 aromatic heterocycles. The minimum Gasteiger partial charge on any atom is -0.497 e. The average molecular weight is 401 g/mol. The Labute approximate surface area is 172 Å². The fourth-order valence-electron chi connectivity index (χ4n) is 3.28. The van der Waals surface area contributed by atoms with E-state index < -0.39 is 0 Å². The van der Waals surface area contributed by atoms with Gasteiger partial charge in [-0.1, -0.05) is 12.1 Å². The van der Waals surface area contributed by atoms with Crippen LogP contribution in [0.2, 0.25) is 0 Å². The number of nitrogens with zero attached hydrogens (tertiary/aromatic N) is 4. The number of guanidine groups is 1. The van der Waals surface area contributed by atoms with Crippen molar-refractivity contribution in [2.24, 2.45) is 12.0 Å². The monoisotopic (exact) mass is 400 g/mol. The van der Waals surface area contributed by atoms with Crippen LogP contribution in [-0.4, -0.2) is 53.1 Å². The van der Waals surface area contributed by atoms with Gasteiger partial charge in [0.2, 0.25) is 0 Å². The van der Waals surface area contributed by atoms with E-state index in [-0.39, 0.29) is 5.60 Å². The molecule has 3 rings (SSSR count). The molecule has 1 fully saturated rings. The number of aromatic nitrogens is 3. The van der Waals surface area contributed by atoms with Crippen molar-refractivity contribution in [3.05, 3.63) is 41.5 Å². The van der Waals surface area contributed by atoms with Crippen LogP contribution in [0.1, 0.15) is 37.0 Å². The van der Waals surface area contributed by atoms with Crippen LogP contribution in [0.15, 0.2) is 29.3 Å². The van der Waals surface area contributed by atoms with Gasteiger partial charge in [-0.3, -0.25) is 0 Å². The molecule has 8 nitrogen and oxygen atoms in total. The van der Waals surface area contributed by atoms with Crippen LogP contribution >= 0.6 is 0 Å². The Bertz CT molecular complexity index is 809. The number of benzene rings is 1. The maximum atomic E-state index is 5.89. The summed E-state index contributed by atoms with van der Waals surface area (Å²) in [4.78, 5) is 4.71. The Morgan fingerprint density at radius 3 is 2.69 bits per heavy atom. The Kier molecular flexibility index (Phi) is 7.09. The minimum absolute atomic E-state index is 0.139. The zero-order chi connectivity index (χ0) is 20.7. The fourth-order valence-corrected chi connectivity index (χ4v) is 3.28. The number of nitrogens with one attached hydrogen (secondary N) is 2. The first-order valence-corrected chi connectivity index (χ1v) is 10.1. The number of ether oxygens (including phenoxy) is 2. The molecule has 0 spiro atoms. The first-order valence-electron chi connectivity index (χ1n) is 10.1. The lowest BCUT2D eigenvalue weighted by molar-refractivity contribution is 0.0242. The first-order chi connectivity index (χ1) is 14.0. The highest BCUT2D eigenvalue weighted by Gasteiger charge is 2.29. The summed E-state index contributed by atoms with van der Waals surface area (Å²) in [6.07, 6.45) is 3.05. The largest absolute Gasteiger partial charge is 0.497 e. The van der Waals surface area contributed by atoms with Crippen molar-refractivity contribution in [3.63, 3.8) is 0 Å². The molecule has 1 aliphatic rings. The Hall–Kier alpha value is -2.61. The fraction of sp³-hybridized carbons (Fsp3) is 0.571. The molecule has 0 saturated carbocycles. The van der Waals surface area contributed by atoms with Gasteiger partial charge in [-0.15, -0.1) is 10.2 Å². The summed E-state index contributed by atoms with van der Waals surface area (Å²) >= 11 is 0. The van der Waals surface area contributed by atoms with Crippen LogP contribution in [0.3, 0.4) is 0 Å². The lowest BCUT2D eigenvalue weighted by Gasteiger charge is -2.25. The second-order valence-electron chi connectivity index (χ2n) is 7.67. The third-order valence-corrected chi connectivity index (χ3v) is 5.36. The SMILES string of the molecule is COc1ccc(CCNC(=NCc2nnc(C)n2C)NCC2(C)CCCO2)cc1. The number of aliphatic imine (C=N–C) groups is 1. The van der Waals surface area contributed by atoms with Gasteiger partial charge in [0.1, 0.15) is 18.1 Å². The Morgan fingerprint density at radius 1 is 1.28 bits per heavy atom. The van der Waals surface area contributed by atoms with E-state index in [4.69, 9.17) is 14.5 Å². The molecule has 8 heteroatoms. The van der Waals surface area contributed by atoms with Crippen LogP contribution in [0.25, 0.3) is 0 Å². The van der Waals surface area contributed by atoms with E-state index in [2.05, 4.69) is 39.9 Å². The third kappa shape index (κ3) is 5.93. The van der Waals surface area contributed by atoms with Crippen molar-refractivity contribution in [1.29, 1.82) is 0 Å². The first kappa shape index (κ1) is 21.1. The molecule has 0 amide bonds. The predicted octanol–water partition coefficient (Wildman–Crippen LogP) is 1.98. The molecule has 1 aliphatic heterocycles. The van der Waals surface area contributed by atoms with Gasteiger partial charge in [-0.05, 0) is 50.8 Å². The van der Waals surface area contributed by atoms with Gasteiger partial charge >= 0.3 is 0 Å². The van der Waals surface area contributed by atoms with Crippen LogP contribution in [0.4, 0.5) is 0 Å². The molecule has 1 unspecified atom stereocenters. The zero-order valence-electron chi connectivity index (χ0n) is 17.9. The summed E-state index contributed by atoms with van der Waals surface area (Å²) in [7, 11) is 3.63. The molecule has 0 bridgehead atoms. The zero-order valence-corrected chi connectivity index (χ0v) is 17.9. The van der Waals surface area contributed by atoms with E-state index in [1.54, 1.807) is 7.11 Å². The molecule has 2 N–H and O–H groups in total. The summed E-state index contributed by atoms with van der Waals surface area (Å²) in [5.41, 5.74) is 1.10. The second-order valence-corrected chi connectivity index (χ2v) is 7.67. The average Bonchev–Trinajstić information content (AvgIpc) is 3.30. The molecule has 158 valence electrons. The number of methoxy groups -OCH3 is 1. The van der Waals surface area contributed by atoms with E-state index >= 15 is 0 Å². The van der Waals surface area contributed by atoms with Gasteiger partial charge < -0.3 is 24.7 Å². The smallest absolute Gasteiger partial charge is 0.191 e. The van der Waals surface area contributed by atoms with Crippen molar-refractivity contribution < 1.29 is 9.47 Å². The lowest BCUT2D eigenvalue weighted by Crippen LogP contribution is -2.46. The van der Waals surface area contributed by atoms with Crippen LogP contribution in [0.5, 0.6) is 5.75 Å². The second kappa shape index (κ2) is 9.73. The van der Waals surface area contributed by atoms with Crippen molar-refractivity contribution in [3.8, 4) is 5.75 Å². The molecule has 29 heavy (non-hydrogen) atoms. The summed E-state index contributed by atoms with van der Waals surface area (Å²) in [5, 5.41) is 15.2. The van der Waals surface area contributed by atoms with E-state index in [0.29, 0.717) is 6.54 Å².